The Labute approximate surface area is 108 Å². The lowest BCUT2D eigenvalue weighted by molar-refractivity contribution is -0.140. The van der Waals surface area contributed by atoms with E-state index >= 15 is 0 Å². The largest absolute Gasteiger partial charge is 0.477 e. The summed E-state index contributed by atoms with van der Waals surface area (Å²) in [7, 11) is 0. The molecule has 0 radical (unpaired) electrons. The average Bonchev–Trinajstić information content (AvgIpc) is 2.39. The molecule has 5 heteroatoms. The fourth-order valence-electron chi connectivity index (χ4n) is 1.48. The van der Waals surface area contributed by atoms with Crippen LogP contribution in [0.25, 0.3) is 0 Å². The number of nitrogens with zero attached hydrogens (tertiary/aromatic N) is 1. The molecular formula is C13H20N2O3. The molecule has 0 fully saturated rings. The quantitative estimate of drug-likeness (QED) is 0.460. The lowest BCUT2D eigenvalue weighted by atomic mass is 10.2. The molecule has 0 atom stereocenters. The molecule has 0 unspecified atom stereocenters. The predicted octanol–water partition coefficient (Wildman–Crippen LogP) is 2.52. The third-order valence-electron chi connectivity index (χ3n) is 2.21. The van der Waals surface area contributed by atoms with Crippen LogP contribution in [-0.2, 0) is 14.2 Å². The van der Waals surface area contributed by atoms with E-state index in [2.05, 4.69) is 4.98 Å². The van der Waals surface area contributed by atoms with Gasteiger partial charge in [-0.1, -0.05) is 0 Å². The van der Waals surface area contributed by atoms with E-state index in [0.29, 0.717) is 25.5 Å². The molecule has 0 spiro atoms. The molecule has 100 valence electrons. The molecule has 1 aromatic heterocycles. The molecule has 0 saturated carbocycles. The molecule has 0 bridgehead atoms. The van der Waals surface area contributed by atoms with Crippen molar-refractivity contribution in [2.45, 2.75) is 27.1 Å². The molecule has 0 amide bonds. The van der Waals surface area contributed by atoms with Crippen LogP contribution in [0, 0.1) is 5.41 Å². The molecule has 1 aromatic rings. The Balaban J connectivity index is 2.87. The minimum Gasteiger partial charge on any atom is -0.477 e. The van der Waals surface area contributed by atoms with E-state index in [0.717, 1.165) is 5.56 Å². The number of hydrogen-bond donors (Lipinski definition) is 1. The van der Waals surface area contributed by atoms with Crippen LogP contribution in [0.4, 0.5) is 0 Å². The highest BCUT2D eigenvalue weighted by Gasteiger charge is 2.13. The highest BCUT2D eigenvalue weighted by atomic mass is 16.7. The third kappa shape index (κ3) is 4.09. The van der Waals surface area contributed by atoms with E-state index in [4.69, 9.17) is 19.6 Å². The van der Waals surface area contributed by atoms with Crippen molar-refractivity contribution in [3.05, 3.63) is 29.6 Å². The first kappa shape index (κ1) is 14.6. The number of nitrogens with one attached hydrogen (secondary N) is 1. The summed E-state index contributed by atoms with van der Waals surface area (Å²) in [6, 6.07) is 3.58. The molecule has 1 rings (SSSR count). The molecule has 0 aliphatic rings. The third-order valence-corrected chi connectivity index (χ3v) is 2.21. The summed E-state index contributed by atoms with van der Waals surface area (Å²) in [5, 5.41) is 7.70. The summed E-state index contributed by atoms with van der Waals surface area (Å²) >= 11 is 0. The normalized spacial score (nSPS) is 10.7. The maximum absolute atomic E-state index is 7.70. The molecule has 1 N–H and O–H groups in total. The Kier molecular flexibility index (Phi) is 6.32. The van der Waals surface area contributed by atoms with Gasteiger partial charge in [-0.25, -0.2) is 0 Å². The number of rotatable bonds is 7. The SMILES string of the molecule is CCOC(=N)c1cc(C(OCC)OCC)ccn1. The maximum Gasteiger partial charge on any atom is 0.232 e. The van der Waals surface area contributed by atoms with Gasteiger partial charge in [0.25, 0.3) is 0 Å². The first-order valence-electron chi connectivity index (χ1n) is 6.13. The van der Waals surface area contributed by atoms with Gasteiger partial charge in [0.1, 0.15) is 5.69 Å². The Hall–Kier alpha value is -1.46. The fraction of sp³-hybridized carbons (Fsp3) is 0.538. The van der Waals surface area contributed by atoms with Crippen molar-refractivity contribution in [1.29, 1.82) is 5.41 Å². The van der Waals surface area contributed by atoms with Gasteiger partial charge in [0, 0.05) is 25.0 Å². The average molecular weight is 252 g/mol. The van der Waals surface area contributed by atoms with Gasteiger partial charge in [-0.05, 0) is 32.9 Å². The van der Waals surface area contributed by atoms with Crippen molar-refractivity contribution in [3.63, 3.8) is 0 Å². The first-order valence-corrected chi connectivity index (χ1v) is 6.13. The summed E-state index contributed by atoms with van der Waals surface area (Å²) in [6.07, 6.45) is 1.21. The van der Waals surface area contributed by atoms with E-state index in [1.54, 1.807) is 12.3 Å². The molecule has 18 heavy (non-hydrogen) atoms. The van der Waals surface area contributed by atoms with Crippen LogP contribution in [0.3, 0.4) is 0 Å². The van der Waals surface area contributed by atoms with Crippen LogP contribution < -0.4 is 0 Å². The first-order chi connectivity index (χ1) is 8.72. The zero-order valence-corrected chi connectivity index (χ0v) is 11.1. The zero-order chi connectivity index (χ0) is 13.4. The van der Waals surface area contributed by atoms with Crippen LogP contribution in [0.15, 0.2) is 18.3 Å². The van der Waals surface area contributed by atoms with E-state index in [1.807, 2.05) is 26.8 Å². The number of hydrogen-bond acceptors (Lipinski definition) is 5. The second-order valence-corrected chi connectivity index (χ2v) is 3.48. The molecular weight excluding hydrogens is 232 g/mol. The lowest BCUT2D eigenvalue weighted by Crippen LogP contribution is -2.12. The minimum atomic E-state index is -0.420. The minimum absolute atomic E-state index is 0.0612. The van der Waals surface area contributed by atoms with Crippen molar-refractivity contribution in [2.75, 3.05) is 19.8 Å². The highest BCUT2D eigenvalue weighted by Crippen LogP contribution is 2.19. The number of ether oxygens (including phenoxy) is 3. The van der Waals surface area contributed by atoms with Crippen LogP contribution >= 0.6 is 0 Å². The van der Waals surface area contributed by atoms with Crippen molar-refractivity contribution < 1.29 is 14.2 Å². The summed E-state index contributed by atoms with van der Waals surface area (Å²) in [4.78, 5) is 4.10. The Morgan fingerprint density at radius 2 is 1.89 bits per heavy atom. The smallest absolute Gasteiger partial charge is 0.232 e. The Bertz CT molecular complexity index is 376. The van der Waals surface area contributed by atoms with Gasteiger partial charge >= 0.3 is 0 Å². The molecule has 0 aliphatic carbocycles. The van der Waals surface area contributed by atoms with Crippen LogP contribution in [0.2, 0.25) is 0 Å². The van der Waals surface area contributed by atoms with Gasteiger partial charge in [0.05, 0.1) is 6.61 Å². The zero-order valence-electron chi connectivity index (χ0n) is 11.1. The van der Waals surface area contributed by atoms with Gasteiger partial charge in [-0.2, -0.15) is 0 Å². The van der Waals surface area contributed by atoms with E-state index in [-0.39, 0.29) is 5.90 Å². The van der Waals surface area contributed by atoms with Crippen molar-refractivity contribution in [2.24, 2.45) is 0 Å². The molecule has 1 heterocycles. The summed E-state index contributed by atoms with van der Waals surface area (Å²) in [5.74, 6) is 0.0612. The topological polar surface area (TPSA) is 64.4 Å². The maximum atomic E-state index is 7.70. The Morgan fingerprint density at radius 3 is 2.44 bits per heavy atom. The van der Waals surface area contributed by atoms with Gasteiger partial charge < -0.3 is 14.2 Å². The van der Waals surface area contributed by atoms with Gasteiger partial charge in [-0.3, -0.25) is 10.4 Å². The van der Waals surface area contributed by atoms with E-state index in [9.17, 15) is 0 Å². The molecule has 0 aromatic carbocycles. The van der Waals surface area contributed by atoms with Crippen molar-refractivity contribution >= 4 is 5.90 Å². The van der Waals surface area contributed by atoms with Crippen LogP contribution in [0.5, 0.6) is 0 Å². The molecule has 0 aliphatic heterocycles. The van der Waals surface area contributed by atoms with Crippen LogP contribution in [0.1, 0.15) is 38.3 Å². The number of pyridine rings is 1. The highest BCUT2D eigenvalue weighted by molar-refractivity contribution is 5.89. The van der Waals surface area contributed by atoms with Crippen molar-refractivity contribution in [3.8, 4) is 0 Å². The summed E-state index contributed by atoms with van der Waals surface area (Å²) < 4.78 is 16.1. The second-order valence-electron chi connectivity index (χ2n) is 3.48. The summed E-state index contributed by atoms with van der Waals surface area (Å²) in [6.45, 7) is 7.23. The van der Waals surface area contributed by atoms with Gasteiger partial charge in [0.15, 0.2) is 6.29 Å². The van der Waals surface area contributed by atoms with Gasteiger partial charge in [0.2, 0.25) is 5.90 Å². The number of aromatic nitrogens is 1. The standard InChI is InChI=1S/C13H20N2O3/c1-4-16-12(14)11-9-10(7-8-15-11)13(17-5-2)18-6-3/h7-9,13-14H,4-6H2,1-3H3. The van der Waals surface area contributed by atoms with Crippen LogP contribution in [-0.4, -0.2) is 30.7 Å². The van der Waals surface area contributed by atoms with Crippen molar-refractivity contribution in [1.82, 2.24) is 4.98 Å². The fourth-order valence-corrected chi connectivity index (χ4v) is 1.48. The lowest BCUT2D eigenvalue weighted by Gasteiger charge is -2.17. The Morgan fingerprint density at radius 1 is 1.22 bits per heavy atom. The molecule has 0 saturated heterocycles. The predicted molar refractivity (Wildman–Crippen MR) is 68.7 cm³/mol. The van der Waals surface area contributed by atoms with Gasteiger partial charge in [-0.15, -0.1) is 0 Å². The second kappa shape index (κ2) is 7.79. The van der Waals surface area contributed by atoms with E-state index < -0.39 is 6.29 Å². The summed E-state index contributed by atoms with van der Waals surface area (Å²) in [5.41, 5.74) is 1.33. The monoisotopic (exact) mass is 252 g/mol. The molecule has 5 nitrogen and oxygen atoms in total. The van der Waals surface area contributed by atoms with E-state index in [1.165, 1.54) is 0 Å².